The topological polar surface area (TPSA) is 88.4 Å². The number of carbonyl (C=O) groups excluding carboxylic acids is 2. The van der Waals surface area contributed by atoms with Crippen LogP contribution in [0.3, 0.4) is 0 Å². The molecule has 1 fully saturated rings. The molecule has 1 aliphatic heterocycles. The summed E-state index contributed by atoms with van der Waals surface area (Å²) in [5.74, 6) is 1.21. The standard InChI is InChI=1S/C24H28Cl2N2O6S/c1-24(2,3)34-23(30)28-13-35-12-18(28)22(29)33-20(9-15-16(25)10-27-11-17(15)26)14-6-7-19(31-4)21(8-14)32-5/h6-8,10-11,18,20H,9,12-13H2,1-5H3/p+1/t18-,20-/m0/s1. The first-order chi connectivity index (χ1) is 16.5. The van der Waals surface area contributed by atoms with Crippen LogP contribution in [0.2, 0.25) is 10.0 Å². The Labute approximate surface area is 219 Å². The number of esters is 1. The molecule has 1 saturated heterocycles. The zero-order valence-corrected chi connectivity index (χ0v) is 22.6. The number of ether oxygens (including phenoxy) is 4. The molecular formula is C24H29Cl2N2O6S+. The summed E-state index contributed by atoms with van der Waals surface area (Å²) in [4.78, 5) is 30.3. The van der Waals surface area contributed by atoms with E-state index in [1.807, 2.05) is 0 Å². The van der Waals surface area contributed by atoms with Crippen LogP contribution in [-0.4, -0.2) is 54.5 Å². The highest BCUT2D eigenvalue weighted by Crippen LogP contribution is 2.36. The fourth-order valence-electron chi connectivity index (χ4n) is 3.49. The van der Waals surface area contributed by atoms with Crippen molar-refractivity contribution in [2.24, 2.45) is 0 Å². The van der Waals surface area contributed by atoms with Gasteiger partial charge in [-0.05, 0) is 38.5 Å². The molecule has 0 bridgehead atoms. The lowest BCUT2D eigenvalue weighted by Crippen LogP contribution is -2.45. The average molecular weight is 544 g/mol. The van der Waals surface area contributed by atoms with E-state index in [-0.39, 0.29) is 6.42 Å². The summed E-state index contributed by atoms with van der Waals surface area (Å²) in [6, 6.07) is 4.47. The maximum Gasteiger partial charge on any atom is 0.411 e. The van der Waals surface area contributed by atoms with Gasteiger partial charge in [-0.3, -0.25) is 4.90 Å². The van der Waals surface area contributed by atoms with Gasteiger partial charge in [0.25, 0.3) is 0 Å². The van der Waals surface area contributed by atoms with Crippen molar-refractivity contribution in [3.63, 3.8) is 0 Å². The highest BCUT2D eigenvalue weighted by Gasteiger charge is 2.39. The first kappa shape index (κ1) is 27.2. The predicted octanol–water partition coefficient (Wildman–Crippen LogP) is 4.96. The molecule has 1 aliphatic rings. The van der Waals surface area contributed by atoms with Gasteiger partial charge in [0.1, 0.15) is 27.8 Å². The van der Waals surface area contributed by atoms with Crippen LogP contribution in [0.5, 0.6) is 11.5 Å². The molecule has 1 N–H and O–H groups in total. The second-order valence-electron chi connectivity index (χ2n) is 8.84. The number of rotatable bonds is 7. The maximum absolute atomic E-state index is 13.3. The molecule has 8 nitrogen and oxygen atoms in total. The molecule has 0 spiro atoms. The molecule has 35 heavy (non-hydrogen) atoms. The molecule has 11 heteroatoms. The van der Waals surface area contributed by atoms with Gasteiger partial charge in [-0.2, -0.15) is 0 Å². The van der Waals surface area contributed by atoms with Crippen molar-refractivity contribution >= 4 is 47.0 Å². The summed E-state index contributed by atoms with van der Waals surface area (Å²) >= 11 is 14.2. The average Bonchev–Trinajstić information content (AvgIpc) is 3.29. The molecule has 2 aromatic rings. The number of halogens is 2. The van der Waals surface area contributed by atoms with Gasteiger partial charge >= 0.3 is 12.1 Å². The van der Waals surface area contributed by atoms with Gasteiger partial charge in [0, 0.05) is 17.7 Å². The lowest BCUT2D eigenvalue weighted by Gasteiger charge is -2.28. The van der Waals surface area contributed by atoms with Gasteiger partial charge in [-0.25, -0.2) is 14.6 Å². The number of hydrogen-bond donors (Lipinski definition) is 0. The van der Waals surface area contributed by atoms with E-state index < -0.39 is 29.8 Å². The van der Waals surface area contributed by atoms with Crippen LogP contribution in [0.4, 0.5) is 4.79 Å². The number of amides is 1. The zero-order chi connectivity index (χ0) is 25.8. The summed E-state index contributed by atoms with van der Waals surface area (Å²) in [7, 11) is 3.07. The number of hydrogen-bond acceptors (Lipinski definition) is 7. The number of thioether (sulfide) groups is 1. The van der Waals surface area contributed by atoms with Gasteiger partial charge in [0.2, 0.25) is 0 Å². The Bertz CT molecular complexity index is 1060. The van der Waals surface area contributed by atoms with E-state index in [4.69, 9.17) is 42.1 Å². The Morgan fingerprint density at radius 2 is 1.80 bits per heavy atom. The van der Waals surface area contributed by atoms with E-state index >= 15 is 0 Å². The molecule has 0 radical (unpaired) electrons. The second kappa shape index (κ2) is 11.6. The third-order valence-corrected chi connectivity index (χ3v) is 6.89. The number of pyridine rings is 1. The third kappa shape index (κ3) is 6.86. The molecule has 3 rings (SSSR count). The summed E-state index contributed by atoms with van der Waals surface area (Å²) in [6.45, 7) is 5.33. The molecule has 2 heterocycles. The Hall–Kier alpha value is -2.36. The van der Waals surface area contributed by atoms with Gasteiger partial charge in [-0.15, -0.1) is 11.8 Å². The SMILES string of the molecule is COc1ccc([C@H](Cc2c(Cl)c[nH+]cc2Cl)OC(=O)[C@@H]2CSCN2C(=O)OC(C)(C)C)cc1OC. The number of H-pyrrole nitrogens is 1. The summed E-state index contributed by atoms with van der Waals surface area (Å²) in [5.41, 5.74) is 0.591. The quantitative estimate of drug-likeness (QED) is 0.456. The first-order valence-electron chi connectivity index (χ1n) is 10.9. The Kier molecular flexibility index (Phi) is 9.01. The number of carbonyl (C=O) groups is 2. The summed E-state index contributed by atoms with van der Waals surface area (Å²) in [5, 5.41) is 0.816. The van der Waals surface area contributed by atoms with Gasteiger partial charge in [0.15, 0.2) is 23.9 Å². The summed E-state index contributed by atoms with van der Waals surface area (Å²) in [6.07, 6.45) is 2.10. The van der Waals surface area contributed by atoms with E-state index in [9.17, 15) is 9.59 Å². The number of aromatic amines is 1. The van der Waals surface area contributed by atoms with E-state index in [1.165, 1.54) is 30.9 Å². The molecular weight excluding hydrogens is 515 g/mol. The van der Waals surface area contributed by atoms with Crippen molar-refractivity contribution in [2.75, 3.05) is 25.8 Å². The van der Waals surface area contributed by atoms with E-state index in [2.05, 4.69) is 4.98 Å². The summed E-state index contributed by atoms with van der Waals surface area (Å²) < 4.78 is 22.2. The minimum atomic E-state index is -0.785. The van der Waals surface area contributed by atoms with Crippen LogP contribution in [0.25, 0.3) is 0 Å². The highest BCUT2D eigenvalue weighted by atomic mass is 35.5. The number of nitrogens with one attached hydrogen (secondary N) is 1. The van der Waals surface area contributed by atoms with E-state index in [0.29, 0.717) is 44.3 Å². The van der Waals surface area contributed by atoms with Crippen molar-refractivity contribution in [1.29, 1.82) is 0 Å². The zero-order valence-electron chi connectivity index (χ0n) is 20.2. The number of benzene rings is 1. The van der Waals surface area contributed by atoms with Crippen LogP contribution in [0, 0.1) is 0 Å². The Morgan fingerprint density at radius 1 is 1.14 bits per heavy atom. The van der Waals surface area contributed by atoms with Gasteiger partial charge in [-0.1, -0.05) is 29.3 Å². The molecule has 2 atom stereocenters. The van der Waals surface area contributed by atoms with Crippen LogP contribution in [0.15, 0.2) is 30.6 Å². The van der Waals surface area contributed by atoms with Gasteiger partial charge < -0.3 is 18.9 Å². The van der Waals surface area contributed by atoms with Crippen molar-refractivity contribution < 1.29 is 33.5 Å². The molecule has 0 aliphatic carbocycles. The lowest BCUT2D eigenvalue weighted by atomic mass is 10.0. The monoisotopic (exact) mass is 543 g/mol. The van der Waals surface area contributed by atoms with Crippen molar-refractivity contribution in [3.05, 3.63) is 51.8 Å². The van der Waals surface area contributed by atoms with Gasteiger partial charge in [0.05, 0.1) is 20.1 Å². The van der Waals surface area contributed by atoms with E-state index in [1.54, 1.807) is 51.4 Å². The van der Waals surface area contributed by atoms with Crippen LogP contribution in [0.1, 0.15) is 38.0 Å². The maximum atomic E-state index is 13.3. The molecule has 0 unspecified atom stereocenters. The largest absolute Gasteiger partial charge is 0.493 e. The normalized spacial score (nSPS) is 16.5. The minimum absolute atomic E-state index is 0.208. The third-order valence-electron chi connectivity index (χ3n) is 5.21. The first-order valence-corrected chi connectivity index (χ1v) is 12.8. The van der Waals surface area contributed by atoms with Crippen molar-refractivity contribution in [2.45, 2.75) is 44.9 Å². The fraction of sp³-hybridized carbons (Fsp3) is 0.458. The number of nitrogens with zero attached hydrogens (tertiary/aromatic N) is 1. The molecule has 0 saturated carbocycles. The second-order valence-corrected chi connectivity index (χ2v) is 10.7. The van der Waals surface area contributed by atoms with Crippen molar-refractivity contribution in [3.8, 4) is 11.5 Å². The number of methoxy groups -OCH3 is 2. The van der Waals surface area contributed by atoms with Crippen molar-refractivity contribution in [1.82, 2.24) is 4.90 Å². The predicted molar refractivity (Wildman–Crippen MR) is 134 cm³/mol. The smallest absolute Gasteiger partial charge is 0.411 e. The minimum Gasteiger partial charge on any atom is -0.493 e. The Morgan fingerprint density at radius 3 is 2.40 bits per heavy atom. The van der Waals surface area contributed by atoms with Crippen LogP contribution >= 0.6 is 35.0 Å². The molecule has 1 amide bonds. The van der Waals surface area contributed by atoms with Crippen LogP contribution < -0.4 is 14.5 Å². The van der Waals surface area contributed by atoms with E-state index in [0.717, 1.165) is 0 Å². The Balaban J connectivity index is 1.90. The van der Waals surface area contributed by atoms with Crippen LogP contribution in [-0.2, 0) is 20.7 Å². The molecule has 1 aromatic carbocycles. The lowest BCUT2D eigenvalue weighted by molar-refractivity contribution is -0.377. The number of aromatic nitrogens is 1. The molecule has 190 valence electrons. The highest BCUT2D eigenvalue weighted by molar-refractivity contribution is 7.99. The molecule has 1 aromatic heterocycles. The fourth-order valence-corrected chi connectivity index (χ4v) is 5.15.